The number of allylic oxidation sites excluding steroid dienone is 1. The molecule has 2 nitrogen and oxygen atoms in total. The maximum absolute atomic E-state index is 5.74. The maximum atomic E-state index is 5.74. The van der Waals surface area contributed by atoms with E-state index in [1.807, 2.05) is 7.11 Å². The van der Waals surface area contributed by atoms with E-state index < -0.39 is 0 Å². The minimum absolute atomic E-state index is 0.339. The minimum Gasteiger partial charge on any atom is -0.379 e. The van der Waals surface area contributed by atoms with E-state index in [1.54, 1.807) is 5.57 Å². The summed E-state index contributed by atoms with van der Waals surface area (Å²) in [6, 6.07) is 0.438. The number of hydrogen-bond acceptors (Lipinski definition) is 2. The topological polar surface area (TPSA) is 21.3 Å². The Morgan fingerprint density at radius 2 is 2.06 bits per heavy atom. The van der Waals surface area contributed by atoms with Gasteiger partial charge in [0.25, 0.3) is 0 Å². The molecular formula is C16H31NO. The average Bonchev–Trinajstić information content (AvgIpc) is 2.67. The van der Waals surface area contributed by atoms with Gasteiger partial charge in [-0.05, 0) is 45.1 Å². The van der Waals surface area contributed by atoms with Crippen LogP contribution < -0.4 is 5.32 Å². The van der Waals surface area contributed by atoms with Gasteiger partial charge in [-0.3, -0.25) is 0 Å². The van der Waals surface area contributed by atoms with Crippen molar-refractivity contribution in [3.63, 3.8) is 0 Å². The summed E-state index contributed by atoms with van der Waals surface area (Å²) in [5.74, 6) is 0. The first-order valence-corrected chi connectivity index (χ1v) is 7.78. The zero-order valence-corrected chi connectivity index (χ0v) is 12.5. The third-order valence-electron chi connectivity index (χ3n) is 3.84. The van der Waals surface area contributed by atoms with Crippen molar-refractivity contribution in [2.45, 2.75) is 77.4 Å². The number of ether oxygens (including phenoxy) is 1. The first-order chi connectivity index (χ1) is 8.83. The van der Waals surface area contributed by atoms with Crippen molar-refractivity contribution in [3.8, 4) is 0 Å². The Balaban J connectivity index is 2.70. The first-order valence-electron chi connectivity index (χ1n) is 7.78. The summed E-state index contributed by atoms with van der Waals surface area (Å²) in [7, 11) is 1.86. The fourth-order valence-electron chi connectivity index (χ4n) is 2.83. The van der Waals surface area contributed by atoms with Gasteiger partial charge in [-0.1, -0.05) is 38.3 Å². The molecule has 18 heavy (non-hydrogen) atoms. The van der Waals surface area contributed by atoms with E-state index in [4.69, 9.17) is 4.74 Å². The van der Waals surface area contributed by atoms with E-state index in [-0.39, 0.29) is 0 Å². The van der Waals surface area contributed by atoms with Crippen LogP contribution in [0.2, 0.25) is 0 Å². The molecule has 0 heterocycles. The Hall–Kier alpha value is -0.340. The quantitative estimate of drug-likeness (QED) is 0.659. The van der Waals surface area contributed by atoms with Crippen molar-refractivity contribution in [1.29, 1.82) is 0 Å². The van der Waals surface area contributed by atoms with Gasteiger partial charge in [-0.15, -0.1) is 0 Å². The van der Waals surface area contributed by atoms with E-state index in [0.29, 0.717) is 12.1 Å². The van der Waals surface area contributed by atoms with E-state index >= 15 is 0 Å². The fraction of sp³-hybridized carbons (Fsp3) is 0.875. The summed E-state index contributed by atoms with van der Waals surface area (Å²) in [5.41, 5.74) is 1.60. The van der Waals surface area contributed by atoms with Crippen molar-refractivity contribution in [3.05, 3.63) is 11.6 Å². The molecule has 2 heteroatoms. The van der Waals surface area contributed by atoms with Crippen molar-refractivity contribution < 1.29 is 4.74 Å². The molecule has 0 spiro atoms. The SMILES string of the molecule is CCCNC(C1=CCCCCC1)C(CCC)OC. The molecule has 1 aliphatic carbocycles. The Morgan fingerprint density at radius 3 is 2.72 bits per heavy atom. The number of methoxy groups -OCH3 is 1. The molecule has 2 unspecified atom stereocenters. The highest BCUT2D eigenvalue weighted by Gasteiger charge is 2.23. The zero-order chi connectivity index (χ0) is 13.2. The third kappa shape index (κ3) is 5.11. The molecule has 0 saturated carbocycles. The molecule has 106 valence electrons. The van der Waals surface area contributed by atoms with Gasteiger partial charge in [0.05, 0.1) is 12.1 Å². The molecule has 0 fully saturated rings. The Morgan fingerprint density at radius 1 is 1.22 bits per heavy atom. The van der Waals surface area contributed by atoms with Gasteiger partial charge in [0, 0.05) is 7.11 Å². The van der Waals surface area contributed by atoms with Crippen LogP contribution in [0, 0.1) is 0 Å². The molecule has 1 aliphatic rings. The van der Waals surface area contributed by atoms with Gasteiger partial charge < -0.3 is 10.1 Å². The predicted octanol–water partition coefficient (Wildman–Crippen LogP) is 4.06. The third-order valence-corrected chi connectivity index (χ3v) is 3.84. The van der Waals surface area contributed by atoms with Crippen molar-refractivity contribution in [2.75, 3.05) is 13.7 Å². The molecule has 0 amide bonds. The summed E-state index contributed by atoms with van der Waals surface area (Å²) in [4.78, 5) is 0. The molecule has 0 saturated heterocycles. The summed E-state index contributed by atoms with van der Waals surface area (Å²) in [6.07, 6.45) is 12.9. The van der Waals surface area contributed by atoms with Gasteiger partial charge in [0.15, 0.2) is 0 Å². The second-order valence-electron chi connectivity index (χ2n) is 5.37. The van der Waals surface area contributed by atoms with Gasteiger partial charge in [-0.2, -0.15) is 0 Å². The standard InChI is InChI=1S/C16H31NO/c1-4-10-15(18-3)16(17-13-5-2)14-11-8-6-7-9-12-14/h11,15-17H,4-10,12-13H2,1-3H3. The van der Waals surface area contributed by atoms with Crippen LogP contribution in [-0.4, -0.2) is 25.8 Å². The van der Waals surface area contributed by atoms with Crippen molar-refractivity contribution >= 4 is 0 Å². The summed E-state index contributed by atoms with van der Waals surface area (Å²) in [6.45, 7) is 5.56. The van der Waals surface area contributed by atoms with E-state index in [2.05, 4.69) is 25.2 Å². The molecule has 0 aromatic heterocycles. The molecule has 0 aromatic rings. The van der Waals surface area contributed by atoms with E-state index in [0.717, 1.165) is 13.0 Å². The Labute approximate surface area is 113 Å². The highest BCUT2D eigenvalue weighted by Crippen LogP contribution is 2.24. The minimum atomic E-state index is 0.339. The number of rotatable bonds is 8. The molecule has 2 atom stereocenters. The molecule has 0 bridgehead atoms. The zero-order valence-electron chi connectivity index (χ0n) is 12.5. The van der Waals surface area contributed by atoms with Crippen LogP contribution in [0.3, 0.4) is 0 Å². The van der Waals surface area contributed by atoms with Gasteiger partial charge in [0.2, 0.25) is 0 Å². The second kappa shape index (κ2) is 9.57. The largest absolute Gasteiger partial charge is 0.379 e. The van der Waals surface area contributed by atoms with Crippen LogP contribution in [0.5, 0.6) is 0 Å². The maximum Gasteiger partial charge on any atom is 0.0762 e. The predicted molar refractivity (Wildman–Crippen MR) is 79.0 cm³/mol. The molecule has 1 rings (SSSR count). The van der Waals surface area contributed by atoms with Crippen LogP contribution in [-0.2, 0) is 4.74 Å². The van der Waals surface area contributed by atoms with E-state index in [1.165, 1.54) is 44.9 Å². The molecule has 0 aromatic carbocycles. The highest BCUT2D eigenvalue weighted by molar-refractivity contribution is 5.14. The summed E-state index contributed by atoms with van der Waals surface area (Å²) < 4.78 is 5.74. The Bertz CT molecular complexity index is 237. The molecule has 0 aliphatic heterocycles. The molecule has 1 N–H and O–H groups in total. The highest BCUT2D eigenvalue weighted by atomic mass is 16.5. The first kappa shape index (κ1) is 15.7. The van der Waals surface area contributed by atoms with Crippen LogP contribution in [0.15, 0.2) is 11.6 Å². The van der Waals surface area contributed by atoms with Crippen LogP contribution in [0.1, 0.15) is 65.2 Å². The lowest BCUT2D eigenvalue weighted by Crippen LogP contribution is -2.42. The van der Waals surface area contributed by atoms with Crippen molar-refractivity contribution in [2.24, 2.45) is 0 Å². The van der Waals surface area contributed by atoms with Gasteiger partial charge >= 0.3 is 0 Å². The summed E-state index contributed by atoms with van der Waals surface area (Å²) >= 11 is 0. The number of nitrogens with one attached hydrogen (secondary N) is 1. The fourth-order valence-corrected chi connectivity index (χ4v) is 2.83. The smallest absolute Gasteiger partial charge is 0.0762 e. The van der Waals surface area contributed by atoms with Gasteiger partial charge in [0.1, 0.15) is 0 Å². The lowest BCUT2D eigenvalue weighted by Gasteiger charge is -2.29. The normalized spacial score (nSPS) is 20.1. The number of hydrogen-bond donors (Lipinski definition) is 1. The molecule has 0 radical (unpaired) electrons. The summed E-state index contributed by atoms with van der Waals surface area (Å²) in [5, 5.41) is 3.71. The van der Waals surface area contributed by atoms with Crippen LogP contribution >= 0.6 is 0 Å². The second-order valence-corrected chi connectivity index (χ2v) is 5.37. The van der Waals surface area contributed by atoms with Gasteiger partial charge in [-0.25, -0.2) is 0 Å². The lowest BCUT2D eigenvalue weighted by molar-refractivity contribution is 0.0702. The van der Waals surface area contributed by atoms with Crippen LogP contribution in [0.25, 0.3) is 0 Å². The van der Waals surface area contributed by atoms with Crippen molar-refractivity contribution in [1.82, 2.24) is 5.32 Å². The molecular weight excluding hydrogens is 222 g/mol. The van der Waals surface area contributed by atoms with Crippen LogP contribution in [0.4, 0.5) is 0 Å². The lowest BCUT2D eigenvalue weighted by atomic mass is 9.94. The Kier molecular flexibility index (Phi) is 8.36. The monoisotopic (exact) mass is 253 g/mol. The average molecular weight is 253 g/mol. The van der Waals surface area contributed by atoms with E-state index in [9.17, 15) is 0 Å².